The zero-order valence-electron chi connectivity index (χ0n) is 19.6. The third-order valence-corrected chi connectivity index (χ3v) is 10.9. The van der Waals surface area contributed by atoms with Gasteiger partial charge >= 0.3 is 0 Å². The largest absolute Gasteiger partial charge is 0.393 e. The Morgan fingerprint density at radius 3 is 2.39 bits per heavy atom. The smallest absolute Gasteiger partial charge is 0.0599 e. The van der Waals surface area contributed by atoms with E-state index in [4.69, 9.17) is 0 Å². The second kappa shape index (κ2) is 7.90. The van der Waals surface area contributed by atoms with Crippen molar-refractivity contribution in [3.63, 3.8) is 0 Å². The second-order valence-corrected chi connectivity index (χ2v) is 12.5. The monoisotopic (exact) mass is 388 g/mol. The van der Waals surface area contributed by atoms with Crippen molar-refractivity contribution >= 4 is 0 Å². The van der Waals surface area contributed by atoms with Crippen molar-refractivity contribution in [2.24, 2.45) is 52.3 Å². The van der Waals surface area contributed by atoms with Crippen molar-refractivity contribution in [3.8, 4) is 0 Å². The summed E-state index contributed by atoms with van der Waals surface area (Å²) in [5, 5.41) is 11.1. The van der Waals surface area contributed by atoms with E-state index in [2.05, 4.69) is 34.6 Å². The number of rotatable bonds is 5. The lowest BCUT2D eigenvalue weighted by molar-refractivity contribution is -0.164. The van der Waals surface area contributed by atoms with Gasteiger partial charge in [-0.2, -0.15) is 0 Å². The summed E-state index contributed by atoms with van der Waals surface area (Å²) in [6.07, 6.45) is 16.6. The predicted octanol–water partition coefficient (Wildman–Crippen LogP) is 7.47. The van der Waals surface area contributed by atoms with Crippen molar-refractivity contribution in [1.29, 1.82) is 0 Å². The molecule has 1 heteroatoms. The number of aliphatic hydroxyl groups excluding tert-OH is 1. The Balaban J connectivity index is 1.49. The highest BCUT2D eigenvalue weighted by atomic mass is 16.3. The zero-order valence-corrected chi connectivity index (χ0v) is 19.6. The molecule has 0 aromatic carbocycles. The van der Waals surface area contributed by atoms with Crippen LogP contribution in [0.1, 0.15) is 112 Å². The quantitative estimate of drug-likeness (QED) is 0.518. The van der Waals surface area contributed by atoms with Crippen LogP contribution in [0.15, 0.2) is 0 Å². The fraction of sp³-hybridized carbons (Fsp3) is 1.00. The molecule has 7 unspecified atom stereocenters. The summed E-state index contributed by atoms with van der Waals surface area (Å²) in [5.41, 5.74) is 0.810. The van der Waals surface area contributed by atoms with Crippen LogP contribution in [0.4, 0.5) is 0 Å². The molecule has 0 aromatic heterocycles. The highest BCUT2D eigenvalue weighted by Crippen LogP contribution is 2.68. The van der Waals surface area contributed by atoms with Crippen LogP contribution in [-0.2, 0) is 0 Å². The summed E-state index contributed by atoms with van der Waals surface area (Å²) in [6, 6.07) is 0. The lowest BCUT2D eigenvalue weighted by atomic mass is 9.44. The fourth-order valence-electron chi connectivity index (χ4n) is 9.34. The number of fused-ring (bicyclic) bond motifs is 5. The molecule has 0 radical (unpaired) electrons. The minimum Gasteiger partial charge on any atom is -0.393 e. The van der Waals surface area contributed by atoms with E-state index in [1.807, 2.05) is 0 Å². The van der Waals surface area contributed by atoms with E-state index >= 15 is 0 Å². The maximum atomic E-state index is 11.1. The summed E-state index contributed by atoms with van der Waals surface area (Å²) in [6.45, 7) is 12.5. The molecular formula is C27H48O. The molecule has 0 saturated heterocycles. The third kappa shape index (κ3) is 3.30. The van der Waals surface area contributed by atoms with Crippen molar-refractivity contribution < 1.29 is 5.11 Å². The highest BCUT2D eigenvalue weighted by Gasteiger charge is 2.61. The maximum Gasteiger partial charge on any atom is 0.0599 e. The number of hydrogen-bond donors (Lipinski definition) is 1. The summed E-state index contributed by atoms with van der Waals surface area (Å²) in [7, 11) is 0. The van der Waals surface area contributed by atoms with Gasteiger partial charge < -0.3 is 5.11 Å². The van der Waals surface area contributed by atoms with Crippen LogP contribution in [0.2, 0.25) is 0 Å². The molecule has 0 bridgehead atoms. The molecule has 0 spiro atoms. The lowest BCUT2D eigenvalue weighted by Crippen LogP contribution is -2.57. The average molecular weight is 389 g/mol. The molecule has 4 rings (SSSR count). The van der Waals surface area contributed by atoms with Crippen LogP contribution in [0, 0.1) is 52.3 Å². The van der Waals surface area contributed by atoms with Crippen molar-refractivity contribution in [2.45, 2.75) is 118 Å². The van der Waals surface area contributed by atoms with Crippen LogP contribution in [0.5, 0.6) is 0 Å². The molecule has 1 N–H and O–H groups in total. The summed E-state index contributed by atoms with van der Waals surface area (Å²) < 4.78 is 0. The normalized spacial score (nSPS) is 49.4. The third-order valence-electron chi connectivity index (χ3n) is 10.9. The first kappa shape index (κ1) is 21.2. The highest BCUT2D eigenvalue weighted by molar-refractivity contribution is 5.10. The molecule has 0 amide bonds. The van der Waals surface area contributed by atoms with E-state index in [-0.39, 0.29) is 11.5 Å². The van der Waals surface area contributed by atoms with Gasteiger partial charge in [-0.25, -0.2) is 0 Å². The van der Waals surface area contributed by atoms with Gasteiger partial charge in [-0.3, -0.25) is 0 Å². The van der Waals surface area contributed by atoms with Gasteiger partial charge in [0.2, 0.25) is 0 Å². The van der Waals surface area contributed by atoms with Gasteiger partial charge in [0.25, 0.3) is 0 Å². The van der Waals surface area contributed by atoms with E-state index < -0.39 is 0 Å². The molecular weight excluding hydrogens is 340 g/mol. The van der Waals surface area contributed by atoms with Gasteiger partial charge in [0.05, 0.1) is 6.10 Å². The Labute approximate surface area is 175 Å². The Morgan fingerprint density at radius 1 is 0.857 bits per heavy atom. The van der Waals surface area contributed by atoms with Crippen LogP contribution in [0.3, 0.4) is 0 Å². The first-order valence-electron chi connectivity index (χ1n) is 13.0. The van der Waals surface area contributed by atoms with Crippen molar-refractivity contribution in [1.82, 2.24) is 0 Å². The minimum atomic E-state index is -0.0319. The molecule has 162 valence electrons. The Kier molecular flexibility index (Phi) is 5.98. The van der Waals surface area contributed by atoms with E-state index in [0.717, 1.165) is 47.8 Å². The lowest BCUT2D eigenvalue weighted by Gasteiger charge is -2.62. The van der Waals surface area contributed by atoms with Crippen molar-refractivity contribution in [3.05, 3.63) is 0 Å². The second-order valence-electron chi connectivity index (χ2n) is 12.5. The van der Waals surface area contributed by atoms with Crippen molar-refractivity contribution in [2.75, 3.05) is 0 Å². The summed E-state index contributed by atoms with van der Waals surface area (Å²) in [5.74, 6) is 6.15. The van der Waals surface area contributed by atoms with E-state index in [9.17, 15) is 5.11 Å². The van der Waals surface area contributed by atoms with Gasteiger partial charge in [-0.1, -0.05) is 60.3 Å². The molecule has 4 aliphatic carbocycles. The molecule has 4 aliphatic rings. The van der Waals surface area contributed by atoms with Crippen LogP contribution < -0.4 is 0 Å². The topological polar surface area (TPSA) is 20.2 Å². The standard InChI is InChI=1S/C27H48O/c1-18(2)8-6-9-19(3)22-14-15-23-21-13-12-20-10-7-11-25(28)27(20,5)24(21)16-17-26(22,23)4/h18-25,28H,6-17H2,1-5H3/t19-,20-,21?,22?,23?,24?,25?,26?,27?/m1/s1. The first-order valence-corrected chi connectivity index (χ1v) is 13.0. The zero-order chi connectivity index (χ0) is 20.1. The van der Waals surface area contributed by atoms with E-state index in [1.165, 1.54) is 70.6 Å². The maximum absolute atomic E-state index is 11.1. The van der Waals surface area contributed by atoms with Crippen LogP contribution in [-0.4, -0.2) is 11.2 Å². The van der Waals surface area contributed by atoms with Gasteiger partial charge in [0.1, 0.15) is 0 Å². The number of aliphatic hydroxyl groups is 1. The average Bonchev–Trinajstić information content (AvgIpc) is 3.00. The van der Waals surface area contributed by atoms with Gasteiger partial charge in [-0.15, -0.1) is 0 Å². The molecule has 0 aliphatic heterocycles. The first-order chi connectivity index (χ1) is 13.3. The van der Waals surface area contributed by atoms with Crippen LogP contribution >= 0.6 is 0 Å². The van der Waals surface area contributed by atoms with Crippen LogP contribution in [0.25, 0.3) is 0 Å². The van der Waals surface area contributed by atoms with Gasteiger partial charge in [-0.05, 0) is 104 Å². The fourth-order valence-corrected chi connectivity index (χ4v) is 9.34. The van der Waals surface area contributed by atoms with Gasteiger partial charge in [0.15, 0.2) is 0 Å². The summed E-state index contributed by atoms with van der Waals surface area (Å²) >= 11 is 0. The Bertz CT molecular complexity index is 540. The van der Waals surface area contributed by atoms with E-state index in [1.54, 1.807) is 0 Å². The Morgan fingerprint density at radius 2 is 1.64 bits per heavy atom. The molecule has 4 saturated carbocycles. The number of hydrogen-bond acceptors (Lipinski definition) is 1. The molecule has 0 heterocycles. The minimum absolute atomic E-state index is 0.0319. The van der Waals surface area contributed by atoms with E-state index in [0.29, 0.717) is 5.41 Å². The Hall–Kier alpha value is -0.0400. The molecule has 28 heavy (non-hydrogen) atoms. The molecule has 0 aromatic rings. The predicted molar refractivity (Wildman–Crippen MR) is 119 cm³/mol. The summed E-state index contributed by atoms with van der Waals surface area (Å²) in [4.78, 5) is 0. The van der Waals surface area contributed by atoms with Gasteiger partial charge in [0, 0.05) is 0 Å². The molecule has 9 atom stereocenters. The molecule has 1 nitrogen and oxygen atoms in total. The molecule has 4 fully saturated rings. The SMILES string of the molecule is CC(C)CCC[C@@H](C)C1CCC2C3CC[C@H]4CCCC(O)C4(C)C3CCC21C.